The van der Waals surface area contributed by atoms with Crippen LogP contribution in [0.5, 0.6) is 0 Å². The molecule has 0 aromatic rings. The van der Waals surface area contributed by atoms with E-state index >= 15 is 0 Å². The van der Waals surface area contributed by atoms with E-state index in [0.29, 0.717) is 6.42 Å². The van der Waals surface area contributed by atoms with Gasteiger partial charge in [-0.25, -0.2) is 4.79 Å². The second-order valence-electron chi connectivity index (χ2n) is 3.97. The van der Waals surface area contributed by atoms with Crippen molar-refractivity contribution < 1.29 is 24.5 Å². The molecule has 1 heterocycles. The summed E-state index contributed by atoms with van der Waals surface area (Å²) in [5.74, 6) is -2.98. The number of carboxylic acids is 1. The Morgan fingerprint density at radius 2 is 2.31 bits per heavy atom. The van der Waals surface area contributed by atoms with Gasteiger partial charge < -0.3 is 25.1 Å². The third-order valence-electron chi connectivity index (χ3n) is 2.88. The summed E-state index contributed by atoms with van der Waals surface area (Å²) in [6.45, 7) is 0.882. The molecule has 1 rings (SSSR count). The predicted molar refractivity (Wildman–Crippen MR) is 52.2 cm³/mol. The second kappa shape index (κ2) is 5.27. The SMILES string of the molecule is COC(=O)[C@@](O)(CCC1CCCN1)C(=O)[O-]. The van der Waals surface area contributed by atoms with Crippen LogP contribution in [0.3, 0.4) is 0 Å². The number of aliphatic hydroxyl groups is 1. The van der Waals surface area contributed by atoms with Crippen LogP contribution in [0, 0.1) is 0 Å². The summed E-state index contributed by atoms with van der Waals surface area (Å²) in [6, 6.07) is 0.149. The number of carbonyl (C=O) groups excluding carboxylic acids is 2. The quantitative estimate of drug-likeness (QED) is 0.426. The van der Waals surface area contributed by atoms with Crippen LogP contribution in [0.1, 0.15) is 25.7 Å². The van der Waals surface area contributed by atoms with Crippen molar-refractivity contribution in [3.05, 3.63) is 0 Å². The van der Waals surface area contributed by atoms with E-state index in [4.69, 9.17) is 0 Å². The van der Waals surface area contributed by atoms with Gasteiger partial charge in [-0.15, -0.1) is 0 Å². The molecule has 1 aliphatic heterocycles. The van der Waals surface area contributed by atoms with Gasteiger partial charge >= 0.3 is 5.97 Å². The highest BCUT2D eigenvalue weighted by Gasteiger charge is 2.39. The predicted octanol–water partition coefficient (Wildman–Crippen LogP) is -1.83. The zero-order chi connectivity index (χ0) is 12.2. The van der Waals surface area contributed by atoms with Crippen molar-refractivity contribution in [1.29, 1.82) is 0 Å². The summed E-state index contributed by atoms with van der Waals surface area (Å²) < 4.78 is 4.26. The van der Waals surface area contributed by atoms with Gasteiger partial charge in [0.25, 0.3) is 0 Å². The summed E-state index contributed by atoms with van der Waals surface area (Å²) >= 11 is 0. The Kier molecular flexibility index (Phi) is 4.26. The largest absolute Gasteiger partial charge is 0.546 e. The third kappa shape index (κ3) is 2.70. The molecule has 1 aliphatic rings. The average Bonchev–Trinajstić information content (AvgIpc) is 2.77. The molecule has 92 valence electrons. The minimum Gasteiger partial charge on any atom is -0.546 e. The fraction of sp³-hybridized carbons (Fsp3) is 0.800. The lowest BCUT2D eigenvalue weighted by atomic mass is 9.94. The molecule has 0 spiro atoms. The first-order valence-electron chi connectivity index (χ1n) is 5.26. The topological polar surface area (TPSA) is 98.7 Å². The molecule has 0 bridgehead atoms. The van der Waals surface area contributed by atoms with Crippen molar-refractivity contribution in [2.24, 2.45) is 0 Å². The highest BCUT2D eigenvalue weighted by Crippen LogP contribution is 2.19. The van der Waals surface area contributed by atoms with Crippen molar-refractivity contribution in [1.82, 2.24) is 5.32 Å². The Morgan fingerprint density at radius 1 is 1.62 bits per heavy atom. The summed E-state index contributed by atoms with van der Waals surface area (Å²) in [6.07, 6.45) is 2.15. The third-order valence-corrected chi connectivity index (χ3v) is 2.88. The standard InChI is InChI=1S/C10H17NO5/c1-16-9(14)10(15,8(12)13)5-4-7-3-2-6-11-7/h7,11,15H,2-6H2,1H3,(H,12,13)/p-1/t7?,10-/m1/s1. The number of hydrogen-bond acceptors (Lipinski definition) is 6. The maximum Gasteiger partial charge on any atom is 0.343 e. The van der Waals surface area contributed by atoms with Crippen molar-refractivity contribution in [3.63, 3.8) is 0 Å². The van der Waals surface area contributed by atoms with E-state index in [9.17, 15) is 19.8 Å². The summed E-state index contributed by atoms with van der Waals surface area (Å²) in [5.41, 5.74) is -2.53. The summed E-state index contributed by atoms with van der Waals surface area (Å²) in [7, 11) is 1.03. The van der Waals surface area contributed by atoms with E-state index in [1.165, 1.54) is 0 Å². The zero-order valence-electron chi connectivity index (χ0n) is 9.19. The van der Waals surface area contributed by atoms with Gasteiger partial charge in [0, 0.05) is 6.04 Å². The smallest absolute Gasteiger partial charge is 0.343 e. The summed E-state index contributed by atoms with van der Waals surface area (Å²) in [5, 5.41) is 23.5. The van der Waals surface area contributed by atoms with Crippen LogP contribution in [0.2, 0.25) is 0 Å². The lowest BCUT2D eigenvalue weighted by Crippen LogP contribution is -2.55. The number of hydrogen-bond donors (Lipinski definition) is 2. The number of aliphatic carboxylic acids is 1. The molecule has 0 saturated carbocycles. The van der Waals surface area contributed by atoms with Gasteiger partial charge in [-0.05, 0) is 32.2 Å². The Labute approximate surface area is 93.6 Å². The van der Waals surface area contributed by atoms with Crippen molar-refractivity contribution in [3.8, 4) is 0 Å². The zero-order valence-corrected chi connectivity index (χ0v) is 9.19. The molecular weight excluding hydrogens is 214 g/mol. The first-order valence-corrected chi connectivity index (χ1v) is 5.26. The van der Waals surface area contributed by atoms with Gasteiger partial charge in [0.1, 0.15) is 0 Å². The van der Waals surface area contributed by atoms with Crippen LogP contribution < -0.4 is 10.4 Å². The highest BCUT2D eigenvalue weighted by molar-refractivity contribution is 6.01. The lowest BCUT2D eigenvalue weighted by Gasteiger charge is -2.27. The minimum atomic E-state index is -2.53. The van der Waals surface area contributed by atoms with Crippen LogP contribution in [0.4, 0.5) is 0 Å². The number of methoxy groups -OCH3 is 1. The first-order chi connectivity index (χ1) is 7.50. The average molecular weight is 230 g/mol. The van der Waals surface area contributed by atoms with E-state index < -0.39 is 17.5 Å². The molecule has 1 saturated heterocycles. The highest BCUT2D eigenvalue weighted by atomic mass is 16.5. The molecule has 1 fully saturated rings. The number of esters is 1. The number of rotatable bonds is 5. The van der Waals surface area contributed by atoms with E-state index in [2.05, 4.69) is 10.1 Å². The normalized spacial score (nSPS) is 23.8. The van der Waals surface area contributed by atoms with E-state index in [1.54, 1.807) is 0 Å². The maximum atomic E-state index is 11.2. The Bertz CT molecular complexity index is 274. The molecule has 6 heteroatoms. The molecule has 2 N–H and O–H groups in total. The fourth-order valence-corrected chi connectivity index (χ4v) is 1.84. The Morgan fingerprint density at radius 3 is 2.75 bits per heavy atom. The Balaban J connectivity index is 2.56. The molecule has 6 nitrogen and oxygen atoms in total. The number of carboxylic acid groups (broad SMARTS) is 1. The van der Waals surface area contributed by atoms with Crippen LogP contribution >= 0.6 is 0 Å². The van der Waals surface area contributed by atoms with Gasteiger partial charge in [-0.2, -0.15) is 0 Å². The van der Waals surface area contributed by atoms with Crippen molar-refractivity contribution in [2.75, 3.05) is 13.7 Å². The molecule has 16 heavy (non-hydrogen) atoms. The van der Waals surface area contributed by atoms with Crippen LogP contribution in [-0.4, -0.2) is 42.3 Å². The van der Waals surface area contributed by atoms with E-state index in [1.807, 2.05) is 0 Å². The molecule has 0 aromatic carbocycles. The van der Waals surface area contributed by atoms with Crippen molar-refractivity contribution >= 4 is 11.9 Å². The van der Waals surface area contributed by atoms with Crippen LogP contribution in [0.15, 0.2) is 0 Å². The van der Waals surface area contributed by atoms with E-state index in [0.717, 1.165) is 26.5 Å². The number of nitrogens with one attached hydrogen (secondary N) is 1. The van der Waals surface area contributed by atoms with Gasteiger partial charge in [0.15, 0.2) is 0 Å². The van der Waals surface area contributed by atoms with Crippen molar-refractivity contribution in [2.45, 2.75) is 37.3 Å². The maximum absolute atomic E-state index is 11.2. The fourth-order valence-electron chi connectivity index (χ4n) is 1.84. The van der Waals surface area contributed by atoms with Crippen LogP contribution in [-0.2, 0) is 14.3 Å². The van der Waals surface area contributed by atoms with Crippen LogP contribution in [0.25, 0.3) is 0 Å². The van der Waals surface area contributed by atoms with Gasteiger partial charge in [0.2, 0.25) is 5.60 Å². The molecule has 0 aromatic heterocycles. The lowest BCUT2D eigenvalue weighted by molar-refractivity contribution is -0.323. The van der Waals surface area contributed by atoms with Gasteiger partial charge in [-0.1, -0.05) is 0 Å². The van der Waals surface area contributed by atoms with Gasteiger partial charge in [0.05, 0.1) is 13.1 Å². The molecule has 0 radical (unpaired) electrons. The second-order valence-corrected chi connectivity index (χ2v) is 3.97. The number of ether oxygens (including phenoxy) is 1. The Hall–Kier alpha value is -1.14. The molecule has 2 atom stereocenters. The molecule has 0 amide bonds. The number of carbonyl (C=O) groups is 2. The molecular formula is C10H16NO5-. The molecule has 1 unspecified atom stereocenters. The first kappa shape index (κ1) is 12.9. The van der Waals surface area contributed by atoms with Gasteiger partial charge in [-0.3, -0.25) is 0 Å². The van der Waals surface area contributed by atoms with E-state index in [-0.39, 0.29) is 12.5 Å². The molecule has 0 aliphatic carbocycles. The monoisotopic (exact) mass is 230 g/mol. The minimum absolute atomic E-state index is 0.149. The summed E-state index contributed by atoms with van der Waals surface area (Å²) in [4.78, 5) is 21.9.